The number of rotatable bonds is 2. The average Bonchev–Trinajstić information content (AvgIpc) is 3.07. The highest BCUT2D eigenvalue weighted by atomic mass is 32.1. The molecule has 0 saturated carbocycles. The first-order valence-corrected chi connectivity index (χ1v) is 8.07. The highest BCUT2D eigenvalue weighted by Crippen LogP contribution is 2.34. The Hall–Kier alpha value is -1.39. The van der Waals surface area contributed by atoms with E-state index in [4.69, 9.17) is 4.74 Å². The molecule has 0 bridgehead atoms. The second-order valence-electron chi connectivity index (χ2n) is 5.59. The molecule has 2 aliphatic heterocycles. The molecule has 20 heavy (non-hydrogen) atoms. The average molecular weight is 287 g/mol. The van der Waals surface area contributed by atoms with Crippen LogP contribution in [0.2, 0.25) is 0 Å². The maximum atomic E-state index is 11.9. The summed E-state index contributed by atoms with van der Waals surface area (Å²) in [5.74, 6) is 0.0909. The second-order valence-corrected chi connectivity index (χ2v) is 6.64. The summed E-state index contributed by atoms with van der Waals surface area (Å²) in [5.41, 5.74) is 2.57. The topological polar surface area (TPSA) is 38.3 Å². The van der Waals surface area contributed by atoms with E-state index >= 15 is 0 Å². The van der Waals surface area contributed by atoms with Crippen LogP contribution in [0, 0.1) is 0 Å². The van der Waals surface area contributed by atoms with Crippen molar-refractivity contribution >= 4 is 27.3 Å². The molecule has 1 saturated heterocycles. The predicted octanol–water partition coefficient (Wildman–Crippen LogP) is 2.91. The third-order valence-electron chi connectivity index (χ3n) is 4.21. The molecular formula is C16H17NO2S. The van der Waals surface area contributed by atoms with Crippen LogP contribution < -0.4 is 5.32 Å². The molecular weight excluding hydrogens is 270 g/mol. The Labute approximate surface area is 121 Å². The number of hydrogen-bond donors (Lipinski definition) is 1. The van der Waals surface area contributed by atoms with Gasteiger partial charge < -0.3 is 10.1 Å². The van der Waals surface area contributed by atoms with Gasteiger partial charge in [-0.25, -0.2) is 0 Å². The van der Waals surface area contributed by atoms with Crippen LogP contribution in [0.1, 0.15) is 33.6 Å². The van der Waals surface area contributed by atoms with E-state index in [0.29, 0.717) is 6.10 Å². The molecule has 0 aliphatic carbocycles. The van der Waals surface area contributed by atoms with Gasteiger partial charge in [-0.3, -0.25) is 4.79 Å². The van der Waals surface area contributed by atoms with Crippen molar-refractivity contribution in [2.75, 3.05) is 13.2 Å². The molecule has 0 radical (unpaired) electrons. The van der Waals surface area contributed by atoms with Gasteiger partial charge >= 0.3 is 0 Å². The van der Waals surface area contributed by atoms with Crippen LogP contribution in [0.25, 0.3) is 10.1 Å². The first-order valence-electron chi connectivity index (χ1n) is 7.25. The Morgan fingerprint density at radius 1 is 1.40 bits per heavy atom. The number of nitrogens with one attached hydrogen (secondary N) is 1. The van der Waals surface area contributed by atoms with Gasteiger partial charge in [-0.2, -0.15) is 0 Å². The Morgan fingerprint density at radius 2 is 2.35 bits per heavy atom. The van der Waals surface area contributed by atoms with Gasteiger partial charge in [0.1, 0.15) is 0 Å². The van der Waals surface area contributed by atoms with Gasteiger partial charge in [-0.1, -0.05) is 6.07 Å². The predicted molar refractivity (Wildman–Crippen MR) is 80.5 cm³/mol. The smallest absolute Gasteiger partial charge is 0.261 e. The molecule has 3 heterocycles. The lowest BCUT2D eigenvalue weighted by molar-refractivity contribution is 0.0950. The van der Waals surface area contributed by atoms with E-state index in [-0.39, 0.29) is 5.91 Å². The van der Waals surface area contributed by atoms with Gasteiger partial charge in [0.2, 0.25) is 0 Å². The summed E-state index contributed by atoms with van der Waals surface area (Å²) in [6.45, 7) is 1.66. The second kappa shape index (κ2) is 4.86. The summed E-state index contributed by atoms with van der Waals surface area (Å²) in [7, 11) is 0. The van der Waals surface area contributed by atoms with Crippen LogP contribution in [-0.4, -0.2) is 25.2 Å². The fourth-order valence-corrected chi connectivity index (χ4v) is 4.35. The quantitative estimate of drug-likeness (QED) is 0.922. The van der Waals surface area contributed by atoms with Crippen molar-refractivity contribution < 1.29 is 9.53 Å². The lowest BCUT2D eigenvalue weighted by Gasteiger charge is -2.12. The first-order chi connectivity index (χ1) is 9.81. The molecule has 104 valence electrons. The SMILES string of the molecule is O=C1NCCc2c1sc1ccc(C[C@H]3CCCO3)cc21. The van der Waals surface area contributed by atoms with Gasteiger partial charge in [0.25, 0.3) is 5.91 Å². The van der Waals surface area contributed by atoms with Crippen LogP contribution in [-0.2, 0) is 17.6 Å². The Balaban J connectivity index is 1.72. The fourth-order valence-electron chi connectivity index (χ4n) is 3.20. The molecule has 1 fully saturated rings. The van der Waals surface area contributed by atoms with Crippen LogP contribution >= 0.6 is 11.3 Å². The highest BCUT2D eigenvalue weighted by Gasteiger charge is 2.22. The number of benzene rings is 1. The molecule has 3 nitrogen and oxygen atoms in total. The minimum Gasteiger partial charge on any atom is -0.378 e. The zero-order chi connectivity index (χ0) is 13.5. The lowest BCUT2D eigenvalue weighted by atomic mass is 10.00. The summed E-state index contributed by atoms with van der Waals surface area (Å²) < 4.78 is 6.94. The van der Waals surface area contributed by atoms with Gasteiger partial charge in [-0.15, -0.1) is 11.3 Å². The summed E-state index contributed by atoms with van der Waals surface area (Å²) in [6.07, 6.45) is 4.67. The van der Waals surface area contributed by atoms with E-state index in [1.807, 2.05) is 0 Å². The molecule has 1 aromatic heterocycles. The number of thiophene rings is 1. The molecule has 1 amide bonds. The van der Waals surface area contributed by atoms with Crippen molar-refractivity contribution in [1.82, 2.24) is 5.32 Å². The number of ether oxygens (including phenoxy) is 1. The Kier molecular flexibility index (Phi) is 3.00. The molecule has 0 spiro atoms. The number of fused-ring (bicyclic) bond motifs is 3. The van der Waals surface area contributed by atoms with Crippen molar-refractivity contribution in [3.05, 3.63) is 34.2 Å². The molecule has 4 rings (SSSR count). The monoisotopic (exact) mass is 287 g/mol. The molecule has 4 heteroatoms. The minimum atomic E-state index is 0.0909. The van der Waals surface area contributed by atoms with Crippen molar-refractivity contribution in [1.29, 1.82) is 0 Å². The van der Waals surface area contributed by atoms with E-state index < -0.39 is 0 Å². The molecule has 2 aromatic rings. The van der Waals surface area contributed by atoms with E-state index in [2.05, 4.69) is 23.5 Å². The van der Waals surface area contributed by atoms with E-state index in [0.717, 1.165) is 30.9 Å². The molecule has 0 unspecified atom stereocenters. The highest BCUT2D eigenvalue weighted by molar-refractivity contribution is 7.21. The first kappa shape index (κ1) is 12.4. The van der Waals surface area contributed by atoms with Crippen molar-refractivity contribution in [2.24, 2.45) is 0 Å². The van der Waals surface area contributed by atoms with Gasteiger partial charge in [0.05, 0.1) is 11.0 Å². The van der Waals surface area contributed by atoms with E-state index in [9.17, 15) is 4.79 Å². The van der Waals surface area contributed by atoms with E-state index in [1.165, 1.54) is 34.1 Å². The summed E-state index contributed by atoms with van der Waals surface area (Å²) in [5, 5.41) is 4.20. The van der Waals surface area contributed by atoms with Crippen LogP contribution in [0.15, 0.2) is 18.2 Å². The normalized spacial score (nSPS) is 22.0. The van der Waals surface area contributed by atoms with Crippen LogP contribution in [0.3, 0.4) is 0 Å². The number of carbonyl (C=O) groups excluding carboxylic acids is 1. The molecule has 1 N–H and O–H groups in total. The number of amides is 1. The summed E-state index contributed by atoms with van der Waals surface area (Å²) in [6, 6.07) is 6.62. The fraction of sp³-hybridized carbons (Fsp3) is 0.438. The van der Waals surface area contributed by atoms with Crippen LogP contribution in [0.4, 0.5) is 0 Å². The third kappa shape index (κ3) is 2.03. The molecule has 1 aromatic carbocycles. The molecule has 2 aliphatic rings. The van der Waals surface area contributed by atoms with Gasteiger partial charge in [0.15, 0.2) is 0 Å². The van der Waals surface area contributed by atoms with Gasteiger partial charge in [-0.05, 0) is 54.3 Å². The summed E-state index contributed by atoms with van der Waals surface area (Å²) in [4.78, 5) is 12.8. The number of hydrogen-bond acceptors (Lipinski definition) is 3. The maximum Gasteiger partial charge on any atom is 0.261 e. The summed E-state index contributed by atoms with van der Waals surface area (Å²) >= 11 is 1.62. The largest absolute Gasteiger partial charge is 0.378 e. The zero-order valence-corrected chi connectivity index (χ0v) is 12.1. The number of carbonyl (C=O) groups is 1. The van der Waals surface area contributed by atoms with E-state index in [1.54, 1.807) is 11.3 Å². The lowest BCUT2D eigenvalue weighted by Crippen LogP contribution is -2.30. The van der Waals surface area contributed by atoms with Crippen LogP contribution in [0.5, 0.6) is 0 Å². The third-order valence-corrected chi connectivity index (χ3v) is 5.42. The van der Waals surface area contributed by atoms with Crippen molar-refractivity contribution in [3.8, 4) is 0 Å². The zero-order valence-electron chi connectivity index (χ0n) is 11.3. The molecule has 1 atom stereocenters. The standard InChI is InChI=1S/C16H17NO2S/c18-16-15-12(5-6-17-16)13-9-10(3-4-14(13)20-15)8-11-2-1-7-19-11/h3-4,9,11H,1-2,5-8H2,(H,17,18)/t11-/m1/s1. The van der Waals surface area contributed by atoms with Gasteiger partial charge in [0, 0.05) is 17.9 Å². The minimum absolute atomic E-state index is 0.0909. The van der Waals surface area contributed by atoms with Crippen molar-refractivity contribution in [2.45, 2.75) is 31.8 Å². The Morgan fingerprint density at radius 3 is 3.20 bits per heavy atom. The maximum absolute atomic E-state index is 11.9. The Bertz CT molecular complexity index is 670. The van der Waals surface area contributed by atoms with Crippen molar-refractivity contribution in [3.63, 3.8) is 0 Å².